The van der Waals surface area contributed by atoms with Crippen LogP contribution >= 0.6 is 0 Å². The molecular weight excluding hydrogens is 1370 g/mol. The van der Waals surface area contributed by atoms with Crippen LogP contribution in [-0.2, 0) is 0 Å². The van der Waals surface area contributed by atoms with Gasteiger partial charge in [-0.05, 0) is 109 Å². The maximum absolute atomic E-state index is 5.16. The molecule has 0 N–H and O–H groups in total. The van der Waals surface area contributed by atoms with Crippen molar-refractivity contribution < 1.29 is 0 Å². The maximum atomic E-state index is 5.16. The second kappa shape index (κ2) is 27.4. The van der Waals surface area contributed by atoms with E-state index < -0.39 is 0 Å². The molecule has 0 atom stereocenters. The normalized spacial score (nSPS) is 11.6. The summed E-state index contributed by atoms with van der Waals surface area (Å²) in [6.45, 7) is 0. The highest BCUT2D eigenvalue weighted by molar-refractivity contribution is 6.14. The number of anilines is 3. The Labute approximate surface area is 643 Å². The van der Waals surface area contributed by atoms with Gasteiger partial charge in [-0.1, -0.05) is 273 Å². The maximum Gasteiger partial charge on any atom is 0.164 e. The van der Waals surface area contributed by atoms with Crippen molar-refractivity contribution in [1.82, 2.24) is 58.6 Å². The zero-order valence-electron chi connectivity index (χ0n) is 60.2. The van der Waals surface area contributed by atoms with Gasteiger partial charge >= 0.3 is 0 Å². The van der Waals surface area contributed by atoms with Crippen LogP contribution in [0, 0.1) is 0 Å². The molecule has 6 heterocycles. The van der Waals surface area contributed by atoms with Crippen molar-refractivity contribution in [2.24, 2.45) is 0 Å². The summed E-state index contributed by atoms with van der Waals surface area (Å²) in [7, 11) is 0. The van der Waals surface area contributed by atoms with Gasteiger partial charge in [0.25, 0.3) is 0 Å². The van der Waals surface area contributed by atoms with Crippen LogP contribution < -0.4 is 4.90 Å². The van der Waals surface area contributed by atoms with Crippen LogP contribution in [0.1, 0.15) is 0 Å². The Bertz CT molecular complexity index is 6330. The van der Waals surface area contributed by atoms with Crippen molar-refractivity contribution in [3.05, 3.63) is 382 Å². The Hall–Kier alpha value is -15.5. The lowest BCUT2D eigenvalue weighted by Crippen LogP contribution is -2.10. The highest BCUT2D eigenvalue weighted by Gasteiger charge is 2.25. The minimum atomic E-state index is 0.583. The molecule has 15 aromatic carbocycles. The van der Waals surface area contributed by atoms with Gasteiger partial charge in [-0.3, -0.25) is 0 Å². The lowest BCUT2D eigenvalue weighted by Gasteiger charge is -2.26. The summed E-state index contributed by atoms with van der Waals surface area (Å²) >= 11 is 0. The van der Waals surface area contributed by atoms with E-state index in [1.807, 2.05) is 182 Å². The van der Waals surface area contributed by atoms with Gasteiger partial charge in [0.15, 0.2) is 52.4 Å². The first-order valence-corrected chi connectivity index (χ1v) is 37.3. The molecule has 0 aliphatic carbocycles. The Morgan fingerprint density at radius 2 is 0.348 bits per heavy atom. The lowest BCUT2D eigenvalue weighted by molar-refractivity contribution is 1.07. The largest absolute Gasteiger partial charge is 0.310 e. The van der Waals surface area contributed by atoms with E-state index in [4.69, 9.17) is 44.9 Å². The zero-order valence-corrected chi connectivity index (χ0v) is 60.2. The van der Waals surface area contributed by atoms with Crippen molar-refractivity contribution >= 4 is 82.5 Å². The Morgan fingerprint density at radius 3 is 0.589 bits per heavy atom. The SMILES string of the molecule is c1ccc(-c2nc(-c3ccccc3)nc(-c3cccc(-n4c5ccccc5c5cc(N(c6ccc7c(c6)c6ccccc6n7-c6cccc(-c7nc(-c8ccccc8)nc(-c8ccccc8)n7)c6)c6ccc7c(c6)c6ccccc6n7-c6cccc(-c7nc(-c8ccccc8)nc(-c8ccccc8)n7)c6)ccc54)c3)n2)cc1. The van der Waals surface area contributed by atoms with Crippen molar-refractivity contribution in [3.8, 4) is 120 Å². The molecular formula is C99H63N13. The fourth-order valence-electron chi connectivity index (χ4n) is 15.7. The van der Waals surface area contributed by atoms with Crippen molar-refractivity contribution in [3.63, 3.8) is 0 Å². The van der Waals surface area contributed by atoms with Gasteiger partial charge in [0, 0.05) is 117 Å². The highest BCUT2D eigenvalue weighted by Crippen LogP contribution is 2.46. The smallest absolute Gasteiger partial charge is 0.164 e. The van der Waals surface area contributed by atoms with Gasteiger partial charge in [-0.2, -0.15) is 0 Å². The van der Waals surface area contributed by atoms with Crippen LogP contribution in [0.15, 0.2) is 382 Å². The van der Waals surface area contributed by atoms with E-state index in [1.165, 1.54) is 0 Å². The van der Waals surface area contributed by atoms with E-state index in [1.54, 1.807) is 0 Å². The number of nitrogens with zero attached hydrogens (tertiary/aromatic N) is 13. The Balaban J connectivity index is 0.730. The number of aromatic nitrogens is 12. The molecule has 112 heavy (non-hydrogen) atoms. The molecule has 0 aliphatic rings. The molecule has 524 valence electrons. The summed E-state index contributed by atoms with van der Waals surface area (Å²) in [5.41, 5.74) is 20.3. The molecule has 0 amide bonds. The number of hydrogen-bond acceptors (Lipinski definition) is 10. The van der Waals surface area contributed by atoms with Gasteiger partial charge in [-0.15, -0.1) is 0 Å². The summed E-state index contributed by atoms with van der Waals surface area (Å²) in [5, 5.41) is 6.60. The summed E-state index contributed by atoms with van der Waals surface area (Å²) < 4.78 is 7.09. The molecule has 0 fully saturated rings. The molecule has 0 radical (unpaired) electrons. The summed E-state index contributed by atoms with van der Waals surface area (Å²) in [4.78, 5) is 48.5. The van der Waals surface area contributed by atoms with Gasteiger partial charge in [0.1, 0.15) is 0 Å². The van der Waals surface area contributed by atoms with Gasteiger partial charge in [-0.25, -0.2) is 44.9 Å². The number of benzene rings is 15. The summed E-state index contributed by atoms with van der Waals surface area (Å²) in [6.07, 6.45) is 0. The molecule has 0 saturated carbocycles. The van der Waals surface area contributed by atoms with Crippen LogP contribution in [0.2, 0.25) is 0 Å². The van der Waals surface area contributed by atoms with Crippen LogP contribution in [-0.4, -0.2) is 58.6 Å². The molecule has 21 aromatic rings. The van der Waals surface area contributed by atoms with Crippen molar-refractivity contribution in [2.45, 2.75) is 0 Å². The number of hydrogen-bond donors (Lipinski definition) is 0. The molecule has 0 spiro atoms. The average Bonchev–Trinajstić information content (AvgIpc) is 1.58. The number of rotatable bonds is 15. The van der Waals surface area contributed by atoms with Gasteiger partial charge in [0.2, 0.25) is 0 Å². The van der Waals surface area contributed by atoms with Crippen LogP contribution in [0.25, 0.3) is 185 Å². The first-order chi connectivity index (χ1) is 55.5. The van der Waals surface area contributed by atoms with E-state index in [0.29, 0.717) is 52.4 Å². The predicted molar refractivity (Wildman–Crippen MR) is 453 cm³/mol. The first-order valence-electron chi connectivity index (χ1n) is 37.3. The molecule has 13 nitrogen and oxygen atoms in total. The van der Waals surface area contributed by atoms with Gasteiger partial charge in [0.05, 0.1) is 33.1 Å². The lowest BCUT2D eigenvalue weighted by atomic mass is 10.1. The van der Waals surface area contributed by atoms with Crippen LogP contribution in [0.5, 0.6) is 0 Å². The van der Waals surface area contributed by atoms with Crippen LogP contribution in [0.4, 0.5) is 17.1 Å². The van der Waals surface area contributed by atoms with Crippen LogP contribution in [0.3, 0.4) is 0 Å². The van der Waals surface area contributed by atoms with E-state index in [9.17, 15) is 0 Å². The second-order valence-electron chi connectivity index (χ2n) is 27.8. The predicted octanol–water partition coefficient (Wildman–Crippen LogP) is 24.0. The quantitative estimate of drug-likeness (QED) is 0.0976. The third-order valence-electron chi connectivity index (χ3n) is 20.9. The minimum absolute atomic E-state index is 0.583. The average molecular weight is 1430 g/mol. The van der Waals surface area contributed by atoms with E-state index >= 15 is 0 Å². The second-order valence-corrected chi connectivity index (χ2v) is 27.8. The highest BCUT2D eigenvalue weighted by atomic mass is 15.1. The van der Waals surface area contributed by atoms with Crippen molar-refractivity contribution in [2.75, 3.05) is 4.90 Å². The third-order valence-corrected chi connectivity index (χ3v) is 20.9. The topological polar surface area (TPSA) is 134 Å². The number of para-hydroxylation sites is 3. The standard InChI is InChI=1S/C99H63N13/c1-7-28-64(29-8-1)91-100-92(65-30-9-2-10-31-65)104-97(103-91)70-40-25-43-73(58-70)110-85-49-22-19-46-79(85)82-61-76(52-55-88(82)110)109(77-53-56-89-83(62-77)80-47-20-23-50-86(80)111(89)74-44-26-41-71(59-74)98-105-93(66-32-11-3-12-33-66)101-94(106-98)67-34-13-4-14-35-67)78-54-57-90-84(63-78)81-48-21-24-51-87(81)112(90)75-45-27-42-72(60-75)99-107-95(68-36-15-5-16-37-68)102-96(108-99)69-38-17-6-18-39-69/h1-63H. The van der Waals surface area contributed by atoms with E-state index in [-0.39, 0.29) is 0 Å². The molecule has 0 saturated heterocycles. The Kier molecular flexibility index (Phi) is 15.9. The molecule has 0 bridgehead atoms. The van der Waals surface area contributed by atoms with E-state index in [2.05, 4.69) is 219 Å². The summed E-state index contributed by atoms with van der Waals surface area (Å²) in [5.74, 6) is 5.39. The molecule has 21 rings (SSSR count). The molecule has 0 unspecified atom stereocenters. The zero-order chi connectivity index (χ0) is 74.0. The molecule has 6 aromatic heterocycles. The monoisotopic (exact) mass is 1430 g/mol. The van der Waals surface area contributed by atoms with Gasteiger partial charge < -0.3 is 18.6 Å². The molecule has 0 aliphatic heterocycles. The summed E-state index contributed by atoms with van der Waals surface area (Å²) in [6, 6.07) is 133. The molecule has 13 heteroatoms. The fraction of sp³-hybridized carbons (Fsp3) is 0. The number of fused-ring (bicyclic) bond motifs is 9. The van der Waals surface area contributed by atoms with Crippen molar-refractivity contribution in [1.29, 1.82) is 0 Å². The minimum Gasteiger partial charge on any atom is -0.310 e. The Morgan fingerprint density at radius 1 is 0.152 bits per heavy atom. The first kappa shape index (κ1) is 64.9. The third kappa shape index (κ3) is 11.6. The van der Waals surface area contributed by atoms with E-state index in [0.717, 1.165) is 150 Å². The fourth-order valence-corrected chi connectivity index (χ4v) is 15.7.